The van der Waals surface area contributed by atoms with Gasteiger partial charge in [0.15, 0.2) is 0 Å². The molecular weight excluding hydrogens is 397 g/mol. The normalized spacial score (nSPS) is 11.6. The number of carbonyl (C=O) groups is 2. The molecule has 2 aromatic rings. The molecule has 2 amide bonds. The van der Waals surface area contributed by atoms with Crippen molar-refractivity contribution in [3.8, 4) is 0 Å². The van der Waals surface area contributed by atoms with Crippen molar-refractivity contribution in [1.29, 1.82) is 0 Å². The van der Waals surface area contributed by atoms with Crippen LogP contribution in [-0.2, 0) is 14.8 Å². The van der Waals surface area contributed by atoms with Crippen molar-refractivity contribution >= 4 is 33.2 Å². The summed E-state index contributed by atoms with van der Waals surface area (Å²) < 4.78 is 38.3. The third-order valence-electron chi connectivity index (χ3n) is 3.74. The first-order valence-electron chi connectivity index (χ1n) is 8.81. The van der Waals surface area contributed by atoms with Gasteiger partial charge in [-0.15, -0.1) is 0 Å². The van der Waals surface area contributed by atoms with Gasteiger partial charge in [-0.1, -0.05) is 12.1 Å². The van der Waals surface area contributed by atoms with E-state index in [0.717, 1.165) is 22.7 Å². The second-order valence-electron chi connectivity index (χ2n) is 7.54. The van der Waals surface area contributed by atoms with Gasteiger partial charge in [0.05, 0.1) is 23.2 Å². The van der Waals surface area contributed by atoms with Gasteiger partial charge in [-0.25, -0.2) is 12.8 Å². The third-order valence-corrected chi connectivity index (χ3v) is 4.88. The SMILES string of the molecule is CC(C)(C)NC(=O)c1ccccc1NC(=O)CN(c1ccc(F)cc1)S(C)(=O)=O. The van der Waals surface area contributed by atoms with Crippen molar-refractivity contribution in [2.75, 3.05) is 22.4 Å². The average Bonchev–Trinajstić information content (AvgIpc) is 2.58. The molecule has 0 aliphatic rings. The maximum absolute atomic E-state index is 13.1. The predicted molar refractivity (Wildman–Crippen MR) is 111 cm³/mol. The Balaban J connectivity index is 2.23. The number of hydrogen-bond acceptors (Lipinski definition) is 4. The number of carbonyl (C=O) groups excluding carboxylic acids is 2. The van der Waals surface area contributed by atoms with Crippen molar-refractivity contribution in [1.82, 2.24) is 5.32 Å². The van der Waals surface area contributed by atoms with Crippen molar-refractivity contribution < 1.29 is 22.4 Å². The first-order valence-corrected chi connectivity index (χ1v) is 10.7. The molecule has 2 rings (SSSR count). The van der Waals surface area contributed by atoms with Crippen LogP contribution in [0.15, 0.2) is 48.5 Å². The van der Waals surface area contributed by atoms with Crippen LogP contribution in [0.4, 0.5) is 15.8 Å². The Morgan fingerprint density at radius 2 is 1.62 bits per heavy atom. The van der Waals surface area contributed by atoms with E-state index in [0.29, 0.717) is 0 Å². The number of hydrogen-bond donors (Lipinski definition) is 2. The Bertz CT molecular complexity index is 999. The van der Waals surface area contributed by atoms with Crippen molar-refractivity contribution in [3.05, 3.63) is 59.9 Å². The van der Waals surface area contributed by atoms with E-state index in [1.165, 1.54) is 12.1 Å². The van der Waals surface area contributed by atoms with E-state index in [4.69, 9.17) is 0 Å². The molecule has 0 saturated carbocycles. The van der Waals surface area contributed by atoms with Crippen molar-refractivity contribution in [2.45, 2.75) is 26.3 Å². The van der Waals surface area contributed by atoms with Gasteiger partial charge in [-0.05, 0) is 57.2 Å². The van der Waals surface area contributed by atoms with E-state index in [2.05, 4.69) is 10.6 Å². The quantitative estimate of drug-likeness (QED) is 0.750. The number of para-hydroxylation sites is 1. The van der Waals surface area contributed by atoms with E-state index >= 15 is 0 Å². The van der Waals surface area contributed by atoms with Crippen LogP contribution < -0.4 is 14.9 Å². The van der Waals surface area contributed by atoms with Crippen LogP contribution in [0.1, 0.15) is 31.1 Å². The molecule has 0 radical (unpaired) electrons. The van der Waals surface area contributed by atoms with Crippen LogP contribution in [0.3, 0.4) is 0 Å². The topological polar surface area (TPSA) is 95.6 Å². The number of sulfonamides is 1. The van der Waals surface area contributed by atoms with E-state index < -0.39 is 33.8 Å². The number of nitrogens with one attached hydrogen (secondary N) is 2. The summed E-state index contributed by atoms with van der Waals surface area (Å²) in [6, 6.07) is 11.2. The molecule has 0 atom stereocenters. The zero-order valence-electron chi connectivity index (χ0n) is 16.7. The van der Waals surface area contributed by atoms with E-state index in [-0.39, 0.29) is 22.8 Å². The Morgan fingerprint density at radius 3 is 2.17 bits per heavy atom. The molecule has 0 bridgehead atoms. The molecule has 2 aromatic carbocycles. The second-order valence-corrected chi connectivity index (χ2v) is 9.45. The Hall–Kier alpha value is -2.94. The predicted octanol–water partition coefficient (Wildman–Crippen LogP) is 2.76. The van der Waals surface area contributed by atoms with E-state index in [1.54, 1.807) is 24.3 Å². The maximum atomic E-state index is 13.1. The van der Waals surface area contributed by atoms with Gasteiger partial charge in [0, 0.05) is 5.54 Å². The van der Waals surface area contributed by atoms with Gasteiger partial charge in [0.25, 0.3) is 5.91 Å². The number of halogens is 1. The largest absolute Gasteiger partial charge is 0.347 e. The van der Waals surface area contributed by atoms with Gasteiger partial charge >= 0.3 is 0 Å². The number of anilines is 2. The van der Waals surface area contributed by atoms with Gasteiger partial charge in [0.2, 0.25) is 15.9 Å². The van der Waals surface area contributed by atoms with Crippen molar-refractivity contribution in [2.24, 2.45) is 0 Å². The maximum Gasteiger partial charge on any atom is 0.253 e. The molecule has 0 aliphatic heterocycles. The summed E-state index contributed by atoms with van der Waals surface area (Å²) in [5.74, 6) is -1.53. The highest BCUT2D eigenvalue weighted by Gasteiger charge is 2.23. The van der Waals surface area contributed by atoms with Crippen LogP contribution >= 0.6 is 0 Å². The summed E-state index contributed by atoms with van der Waals surface area (Å²) >= 11 is 0. The molecule has 0 aromatic heterocycles. The molecule has 0 unspecified atom stereocenters. The first-order chi connectivity index (χ1) is 13.4. The molecule has 7 nitrogen and oxygen atoms in total. The molecule has 0 heterocycles. The highest BCUT2D eigenvalue weighted by molar-refractivity contribution is 7.92. The Morgan fingerprint density at radius 1 is 1.03 bits per heavy atom. The van der Waals surface area contributed by atoms with Gasteiger partial charge in [-0.2, -0.15) is 0 Å². The van der Waals surface area contributed by atoms with Gasteiger partial charge < -0.3 is 10.6 Å². The zero-order valence-corrected chi connectivity index (χ0v) is 17.5. The highest BCUT2D eigenvalue weighted by atomic mass is 32.2. The Kier molecular flexibility index (Phi) is 6.63. The lowest BCUT2D eigenvalue weighted by atomic mass is 10.1. The van der Waals surface area contributed by atoms with E-state index in [1.807, 2.05) is 20.8 Å². The fourth-order valence-corrected chi connectivity index (χ4v) is 3.38. The lowest BCUT2D eigenvalue weighted by Crippen LogP contribution is -2.41. The Labute approximate surface area is 170 Å². The van der Waals surface area contributed by atoms with Crippen LogP contribution in [0.25, 0.3) is 0 Å². The molecule has 0 spiro atoms. The molecule has 2 N–H and O–H groups in total. The molecule has 29 heavy (non-hydrogen) atoms. The van der Waals surface area contributed by atoms with Gasteiger partial charge in [-0.3, -0.25) is 13.9 Å². The molecule has 156 valence electrons. The van der Waals surface area contributed by atoms with Crippen LogP contribution in [0.5, 0.6) is 0 Å². The summed E-state index contributed by atoms with van der Waals surface area (Å²) in [4.78, 5) is 25.0. The summed E-state index contributed by atoms with van der Waals surface area (Å²) in [5, 5.41) is 5.39. The number of benzene rings is 2. The number of nitrogens with zero attached hydrogens (tertiary/aromatic N) is 1. The minimum atomic E-state index is -3.80. The lowest BCUT2D eigenvalue weighted by molar-refractivity contribution is -0.114. The second kappa shape index (κ2) is 8.60. The number of amides is 2. The summed E-state index contributed by atoms with van der Waals surface area (Å²) in [6.07, 6.45) is 0.953. The molecule has 9 heteroatoms. The standard InChI is InChI=1S/C20H24FN3O4S/c1-20(2,3)23-19(26)16-7-5-6-8-17(16)22-18(25)13-24(29(4,27)28)15-11-9-14(21)10-12-15/h5-12H,13H2,1-4H3,(H,22,25)(H,23,26). The third kappa shape index (κ3) is 6.56. The smallest absolute Gasteiger partial charge is 0.253 e. The van der Waals surface area contributed by atoms with E-state index in [9.17, 15) is 22.4 Å². The minimum absolute atomic E-state index is 0.155. The summed E-state index contributed by atoms with van der Waals surface area (Å²) in [7, 11) is -3.80. The monoisotopic (exact) mass is 421 g/mol. The summed E-state index contributed by atoms with van der Waals surface area (Å²) in [6.45, 7) is 4.97. The average molecular weight is 421 g/mol. The molecule has 0 fully saturated rings. The minimum Gasteiger partial charge on any atom is -0.347 e. The fourth-order valence-electron chi connectivity index (χ4n) is 2.53. The van der Waals surface area contributed by atoms with Crippen LogP contribution in [0.2, 0.25) is 0 Å². The molecular formula is C20H24FN3O4S. The lowest BCUT2D eigenvalue weighted by Gasteiger charge is -2.23. The first kappa shape index (κ1) is 22.4. The van der Waals surface area contributed by atoms with Gasteiger partial charge in [0.1, 0.15) is 12.4 Å². The fraction of sp³-hybridized carbons (Fsp3) is 0.300. The highest BCUT2D eigenvalue weighted by Crippen LogP contribution is 2.20. The van der Waals surface area contributed by atoms with Crippen LogP contribution in [0, 0.1) is 5.82 Å². The summed E-state index contributed by atoms with van der Waals surface area (Å²) in [5.41, 5.74) is 0.197. The zero-order chi connectivity index (χ0) is 21.8. The molecule has 0 saturated heterocycles. The molecule has 0 aliphatic carbocycles. The van der Waals surface area contributed by atoms with Crippen molar-refractivity contribution in [3.63, 3.8) is 0 Å². The van der Waals surface area contributed by atoms with Crippen LogP contribution in [-0.4, -0.2) is 38.6 Å². The number of rotatable bonds is 6.